The van der Waals surface area contributed by atoms with Crippen LogP contribution in [0.25, 0.3) is 0 Å². The van der Waals surface area contributed by atoms with Crippen LogP contribution in [0.5, 0.6) is 0 Å². The zero-order chi connectivity index (χ0) is 30.8. The van der Waals surface area contributed by atoms with Crippen molar-refractivity contribution in [1.29, 1.82) is 0 Å². The quantitative estimate of drug-likeness (QED) is 0.428. The summed E-state index contributed by atoms with van der Waals surface area (Å²) in [5.74, 6) is -5.51. The second-order valence-corrected chi connectivity index (χ2v) is 11.3. The number of halogens is 6. The maximum atomic E-state index is 10.6. The van der Waals surface area contributed by atoms with Crippen molar-refractivity contribution in [2.75, 3.05) is 33.4 Å². The third kappa shape index (κ3) is 11.6. The van der Waals surface area contributed by atoms with E-state index >= 15 is 0 Å². The van der Waals surface area contributed by atoms with E-state index < -0.39 is 24.3 Å². The van der Waals surface area contributed by atoms with Crippen molar-refractivity contribution in [2.24, 2.45) is 5.41 Å². The first-order chi connectivity index (χ1) is 19.0. The first kappa shape index (κ1) is 34.5. The molecule has 41 heavy (non-hydrogen) atoms. The molecule has 2 N–H and O–H groups in total. The molecule has 4 heterocycles. The van der Waals surface area contributed by atoms with Crippen molar-refractivity contribution in [3.63, 3.8) is 0 Å². The number of thiophene rings is 1. The lowest BCUT2D eigenvalue weighted by atomic mass is 9.76. The molecule has 0 radical (unpaired) electrons. The van der Waals surface area contributed by atoms with Crippen molar-refractivity contribution in [1.82, 2.24) is 14.8 Å². The number of rotatable bonds is 6. The molecule has 1 unspecified atom stereocenters. The van der Waals surface area contributed by atoms with Gasteiger partial charge in [0.2, 0.25) is 0 Å². The van der Waals surface area contributed by atoms with E-state index in [4.69, 9.17) is 24.5 Å². The van der Waals surface area contributed by atoms with Gasteiger partial charge >= 0.3 is 24.3 Å². The minimum Gasteiger partial charge on any atom is -0.475 e. The third-order valence-corrected chi connectivity index (χ3v) is 7.74. The predicted molar refractivity (Wildman–Crippen MR) is 138 cm³/mol. The molecule has 8 nitrogen and oxygen atoms in total. The van der Waals surface area contributed by atoms with Crippen LogP contribution in [-0.2, 0) is 27.4 Å². The molecule has 0 aliphatic carbocycles. The third-order valence-electron chi connectivity index (χ3n) is 6.75. The van der Waals surface area contributed by atoms with Gasteiger partial charge in [0.1, 0.15) is 0 Å². The molecule has 0 aromatic carbocycles. The monoisotopic (exact) mass is 613 g/mol. The molecular weight excluding hydrogens is 580 g/mol. The fourth-order valence-corrected chi connectivity index (χ4v) is 5.77. The Hall–Kier alpha value is -2.75. The van der Waals surface area contributed by atoms with Crippen molar-refractivity contribution < 1.29 is 50.9 Å². The molecule has 4 rings (SSSR count). The summed E-state index contributed by atoms with van der Waals surface area (Å²) in [5.41, 5.74) is 1.63. The van der Waals surface area contributed by atoms with Crippen LogP contribution >= 0.6 is 11.3 Å². The van der Waals surface area contributed by atoms with Gasteiger partial charge in [0, 0.05) is 48.7 Å². The molecule has 2 aromatic heterocycles. The fourth-order valence-electron chi connectivity index (χ4n) is 4.83. The van der Waals surface area contributed by atoms with Gasteiger partial charge in [-0.15, -0.1) is 11.3 Å². The summed E-state index contributed by atoms with van der Waals surface area (Å²) in [5, 5.41) is 14.2. The van der Waals surface area contributed by atoms with Crippen LogP contribution in [0.1, 0.15) is 34.7 Å². The highest BCUT2D eigenvalue weighted by Crippen LogP contribution is 2.44. The smallest absolute Gasteiger partial charge is 0.475 e. The van der Waals surface area contributed by atoms with Crippen LogP contribution in [0, 0.1) is 12.3 Å². The first-order valence-corrected chi connectivity index (χ1v) is 13.4. The Labute approximate surface area is 237 Å². The van der Waals surface area contributed by atoms with Crippen molar-refractivity contribution in [3.05, 3.63) is 52.0 Å². The van der Waals surface area contributed by atoms with E-state index in [1.807, 2.05) is 30.7 Å². The summed E-state index contributed by atoms with van der Waals surface area (Å²) >= 11 is 1.94. The van der Waals surface area contributed by atoms with Gasteiger partial charge in [0.15, 0.2) is 0 Å². The number of carboxylic acid groups (broad SMARTS) is 2. The van der Waals surface area contributed by atoms with Crippen LogP contribution in [0.2, 0.25) is 0 Å². The van der Waals surface area contributed by atoms with Crippen LogP contribution in [0.4, 0.5) is 26.3 Å². The molecule has 2 aliphatic heterocycles. The molecule has 2 aromatic rings. The van der Waals surface area contributed by atoms with Gasteiger partial charge in [-0.05, 0) is 69.0 Å². The number of aromatic nitrogens is 1. The molecule has 0 saturated carbocycles. The number of pyridine rings is 1. The Balaban J connectivity index is 0.000000349. The molecule has 1 spiro atoms. The number of nitrogens with zero attached hydrogens (tertiary/aromatic N) is 3. The Morgan fingerprint density at radius 3 is 2.05 bits per heavy atom. The summed E-state index contributed by atoms with van der Waals surface area (Å²) in [6.07, 6.45) is -4.40. The summed E-state index contributed by atoms with van der Waals surface area (Å²) < 4.78 is 69.0. The molecule has 2 aliphatic rings. The molecule has 0 amide bonds. The van der Waals surface area contributed by atoms with E-state index in [2.05, 4.69) is 46.0 Å². The van der Waals surface area contributed by atoms with Gasteiger partial charge in [0.05, 0.1) is 12.3 Å². The number of hydrogen-bond donors (Lipinski definition) is 2. The number of carboxylic acids is 2. The summed E-state index contributed by atoms with van der Waals surface area (Å²) in [7, 11) is 1.83. The van der Waals surface area contributed by atoms with Crippen LogP contribution in [-0.4, -0.2) is 88.7 Å². The number of aliphatic carboxylic acids is 2. The number of carbonyl (C=O) groups is 2. The van der Waals surface area contributed by atoms with E-state index in [1.165, 1.54) is 54.3 Å². The zero-order valence-electron chi connectivity index (χ0n) is 22.5. The molecule has 2 saturated heterocycles. The lowest BCUT2D eigenvalue weighted by Gasteiger charge is -2.39. The Morgan fingerprint density at radius 1 is 1.02 bits per heavy atom. The van der Waals surface area contributed by atoms with Crippen molar-refractivity contribution in [2.45, 2.75) is 57.7 Å². The Bertz CT molecular complexity index is 1080. The van der Waals surface area contributed by atoms with E-state index in [9.17, 15) is 26.3 Å². The SMILES string of the molecule is COCC1CC2(CCN(Cc3ccc(C)s3)CC2)CN1Cc1ccccn1.O=C(O)C(F)(F)F.O=C(O)C(F)(F)F. The number of piperidine rings is 1. The van der Waals surface area contributed by atoms with Gasteiger partial charge < -0.3 is 14.9 Å². The lowest BCUT2D eigenvalue weighted by Crippen LogP contribution is -2.41. The first-order valence-electron chi connectivity index (χ1n) is 12.6. The lowest BCUT2D eigenvalue weighted by molar-refractivity contribution is -0.193. The van der Waals surface area contributed by atoms with Crippen LogP contribution < -0.4 is 0 Å². The van der Waals surface area contributed by atoms with Crippen LogP contribution in [0.3, 0.4) is 0 Å². The number of alkyl halides is 6. The normalized spacial score (nSPS) is 19.2. The second kappa shape index (κ2) is 14.9. The molecule has 0 bridgehead atoms. The summed E-state index contributed by atoms with van der Waals surface area (Å²) in [4.78, 5) is 30.5. The van der Waals surface area contributed by atoms with Gasteiger partial charge in [0.25, 0.3) is 0 Å². The second-order valence-electron chi connectivity index (χ2n) is 9.93. The van der Waals surface area contributed by atoms with Crippen LogP contribution in [0.15, 0.2) is 36.5 Å². The maximum absolute atomic E-state index is 10.6. The van der Waals surface area contributed by atoms with E-state index in [1.54, 1.807) is 0 Å². The van der Waals surface area contributed by atoms with Crippen molar-refractivity contribution in [3.8, 4) is 0 Å². The molecular formula is C26H33F6N3O5S. The standard InChI is InChI=1S/C22H31N3OS.2C2HF3O2/c1-18-6-7-21(27-18)15-24-11-8-22(9-12-24)13-20(16-26-2)25(17-22)14-19-5-3-4-10-23-19;2*3-2(4,5)1(6)7/h3-7,10,20H,8-9,11-17H2,1-2H3;2*(H,6,7). The average Bonchev–Trinajstić information content (AvgIpc) is 3.44. The highest BCUT2D eigenvalue weighted by atomic mass is 32.1. The highest BCUT2D eigenvalue weighted by molar-refractivity contribution is 7.11. The molecule has 15 heteroatoms. The van der Waals surface area contributed by atoms with Gasteiger partial charge in [-0.25, -0.2) is 9.59 Å². The summed E-state index contributed by atoms with van der Waals surface area (Å²) in [6.45, 7) is 8.70. The molecule has 1 atom stereocenters. The largest absolute Gasteiger partial charge is 0.490 e. The highest BCUT2D eigenvalue weighted by Gasteiger charge is 2.45. The van der Waals surface area contributed by atoms with Gasteiger partial charge in [-0.1, -0.05) is 6.07 Å². The number of methoxy groups -OCH3 is 1. The fraction of sp³-hybridized carbons (Fsp3) is 0.577. The number of likely N-dealkylation sites (tertiary alicyclic amines) is 2. The Kier molecular flexibility index (Phi) is 12.5. The van der Waals surface area contributed by atoms with Gasteiger partial charge in [-0.2, -0.15) is 26.3 Å². The predicted octanol–water partition coefficient (Wildman–Crippen LogP) is 5.22. The zero-order valence-corrected chi connectivity index (χ0v) is 23.4. The van der Waals surface area contributed by atoms with E-state index in [-0.39, 0.29) is 0 Å². The minimum atomic E-state index is -5.08. The number of ether oxygens (including phenoxy) is 1. The minimum absolute atomic E-state index is 0.458. The Morgan fingerprint density at radius 2 is 1.61 bits per heavy atom. The summed E-state index contributed by atoms with van der Waals surface area (Å²) in [6, 6.07) is 11.3. The number of hydrogen-bond acceptors (Lipinski definition) is 7. The molecule has 2 fully saturated rings. The number of aryl methyl sites for hydroxylation is 1. The topological polar surface area (TPSA) is 103 Å². The van der Waals surface area contributed by atoms with Gasteiger partial charge in [-0.3, -0.25) is 14.8 Å². The van der Waals surface area contributed by atoms with E-state index in [0.717, 1.165) is 19.7 Å². The molecule has 230 valence electrons. The maximum Gasteiger partial charge on any atom is 0.490 e. The van der Waals surface area contributed by atoms with E-state index in [0.29, 0.717) is 11.5 Å². The van der Waals surface area contributed by atoms with Crippen molar-refractivity contribution >= 4 is 23.3 Å². The average molecular weight is 614 g/mol.